The van der Waals surface area contributed by atoms with Gasteiger partial charge in [0.1, 0.15) is 17.6 Å². The van der Waals surface area contributed by atoms with Crippen LogP contribution >= 0.6 is 11.6 Å². The number of benzene rings is 2. The molecule has 0 spiro atoms. The minimum atomic E-state index is -0.706. The van der Waals surface area contributed by atoms with E-state index in [0.717, 1.165) is 30.8 Å². The molecular formula is C26H29ClN2O4. The molecule has 0 aromatic heterocycles. The van der Waals surface area contributed by atoms with E-state index >= 15 is 0 Å². The Hall–Kier alpha value is -2.83. The fourth-order valence-corrected chi connectivity index (χ4v) is 4.85. The molecule has 2 atom stereocenters. The SMILES string of the molecule is CCN(CC)CCN1C(=O)C(=O)C(=C(O)c2ccc3c(c2)C[C@H](C)O3)[C@@H]1c1cccc(Cl)c1. The van der Waals surface area contributed by atoms with Crippen LogP contribution in [0.15, 0.2) is 48.0 Å². The Morgan fingerprint density at radius 1 is 1.18 bits per heavy atom. The molecule has 2 aliphatic heterocycles. The van der Waals surface area contributed by atoms with Crippen molar-refractivity contribution in [3.8, 4) is 5.75 Å². The van der Waals surface area contributed by atoms with Gasteiger partial charge in [-0.05, 0) is 61.5 Å². The van der Waals surface area contributed by atoms with Gasteiger partial charge < -0.3 is 19.6 Å². The molecule has 174 valence electrons. The van der Waals surface area contributed by atoms with Gasteiger partial charge in [0.25, 0.3) is 11.7 Å². The van der Waals surface area contributed by atoms with Crippen molar-refractivity contribution in [1.29, 1.82) is 0 Å². The number of rotatable bonds is 7. The zero-order valence-electron chi connectivity index (χ0n) is 19.2. The van der Waals surface area contributed by atoms with Gasteiger partial charge in [-0.15, -0.1) is 0 Å². The lowest BCUT2D eigenvalue weighted by molar-refractivity contribution is -0.140. The van der Waals surface area contributed by atoms with Crippen molar-refractivity contribution in [2.75, 3.05) is 26.2 Å². The van der Waals surface area contributed by atoms with Gasteiger partial charge in [0.15, 0.2) is 0 Å². The van der Waals surface area contributed by atoms with Crippen molar-refractivity contribution in [3.05, 3.63) is 69.8 Å². The second-order valence-corrected chi connectivity index (χ2v) is 8.97. The number of fused-ring (bicyclic) bond motifs is 1. The van der Waals surface area contributed by atoms with E-state index in [4.69, 9.17) is 16.3 Å². The zero-order chi connectivity index (χ0) is 23.7. The molecule has 2 aliphatic rings. The standard InChI is InChI=1S/C26H29ClN2O4/c1-4-28(5-2)11-12-29-23(17-7-6-8-20(27)15-17)22(25(31)26(29)32)24(30)18-9-10-21-19(14-18)13-16(3)33-21/h6-10,14-16,23,30H,4-5,11-13H2,1-3H3/t16-,23-/m0/s1. The highest BCUT2D eigenvalue weighted by Gasteiger charge is 2.46. The van der Waals surface area contributed by atoms with Crippen LogP contribution in [0.25, 0.3) is 5.76 Å². The molecule has 2 heterocycles. The number of hydrogen-bond donors (Lipinski definition) is 1. The largest absolute Gasteiger partial charge is 0.507 e. The Morgan fingerprint density at radius 2 is 1.94 bits per heavy atom. The first-order chi connectivity index (χ1) is 15.8. The predicted molar refractivity (Wildman–Crippen MR) is 128 cm³/mol. The summed E-state index contributed by atoms with van der Waals surface area (Å²) in [4.78, 5) is 30.0. The lowest BCUT2D eigenvalue weighted by atomic mass is 9.94. The first-order valence-corrected chi connectivity index (χ1v) is 11.8. The summed E-state index contributed by atoms with van der Waals surface area (Å²) in [5, 5.41) is 11.8. The van der Waals surface area contributed by atoms with Crippen LogP contribution in [0.1, 0.15) is 43.5 Å². The number of hydrogen-bond acceptors (Lipinski definition) is 5. The van der Waals surface area contributed by atoms with E-state index < -0.39 is 17.7 Å². The predicted octanol–water partition coefficient (Wildman–Crippen LogP) is 4.43. The van der Waals surface area contributed by atoms with Gasteiger partial charge in [-0.1, -0.05) is 37.6 Å². The van der Waals surface area contributed by atoms with Crippen molar-refractivity contribution in [2.45, 2.75) is 39.3 Å². The summed E-state index contributed by atoms with van der Waals surface area (Å²) >= 11 is 6.25. The molecule has 0 saturated carbocycles. The molecule has 2 aromatic rings. The summed E-state index contributed by atoms with van der Waals surface area (Å²) < 4.78 is 5.76. The fourth-order valence-electron chi connectivity index (χ4n) is 4.65. The minimum Gasteiger partial charge on any atom is -0.507 e. The maximum atomic E-state index is 13.2. The highest BCUT2D eigenvalue weighted by molar-refractivity contribution is 6.46. The van der Waals surface area contributed by atoms with Crippen LogP contribution in [0.3, 0.4) is 0 Å². The summed E-state index contributed by atoms with van der Waals surface area (Å²) in [6.07, 6.45) is 0.793. The first-order valence-electron chi connectivity index (χ1n) is 11.4. The third kappa shape index (κ3) is 4.50. The molecule has 1 N–H and O–H groups in total. The maximum absolute atomic E-state index is 13.2. The van der Waals surface area contributed by atoms with E-state index in [-0.39, 0.29) is 17.4 Å². The molecule has 1 amide bonds. The molecule has 2 aromatic carbocycles. The number of aliphatic hydroxyl groups is 1. The lowest BCUT2D eigenvalue weighted by Crippen LogP contribution is -2.38. The van der Waals surface area contributed by atoms with E-state index in [1.807, 2.05) is 19.1 Å². The van der Waals surface area contributed by atoms with Gasteiger partial charge in [0, 0.05) is 30.1 Å². The number of carbonyl (C=O) groups excluding carboxylic acids is 2. The first kappa shape index (κ1) is 23.3. The monoisotopic (exact) mass is 468 g/mol. The summed E-state index contributed by atoms with van der Waals surface area (Å²) in [7, 11) is 0. The van der Waals surface area contributed by atoms with Crippen LogP contribution in [0.5, 0.6) is 5.75 Å². The number of amides is 1. The van der Waals surface area contributed by atoms with Crippen LogP contribution in [-0.4, -0.2) is 58.9 Å². The Balaban J connectivity index is 1.79. The topological polar surface area (TPSA) is 70.1 Å². The third-order valence-electron chi connectivity index (χ3n) is 6.43. The summed E-state index contributed by atoms with van der Waals surface area (Å²) in [6, 6.07) is 11.8. The normalized spacial score (nSPS) is 21.5. The van der Waals surface area contributed by atoms with Crippen molar-refractivity contribution in [2.24, 2.45) is 0 Å². The molecule has 1 fully saturated rings. The molecule has 0 radical (unpaired) electrons. The average Bonchev–Trinajstić information content (AvgIpc) is 3.30. The molecule has 0 aliphatic carbocycles. The molecule has 0 bridgehead atoms. The summed E-state index contributed by atoms with van der Waals surface area (Å²) in [6.45, 7) is 8.80. The van der Waals surface area contributed by atoms with E-state index in [1.165, 1.54) is 0 Å². The number of ketones is 1. The lowest BCUT2D eigenvalue weighted by Gasteiger charge is -2.28. The highest BCUT2D eigenvalue weighted by atomic mass is 35.5. The zero-order valence-corrected chi connectivity index (χ0v) is 19.9. The number of carbonyl (C=O) groups is 2. The number of ether oxygens (including phenoxy) is 1. The average molecular weight is 469 g/mol. The van der Waals surface area contributed by atoms with E-state index in [9.17, 15) is 14.7 Å². The van der Waals surface area contributed by atoms with E-state index in [2.05, 4.69) is 18.7 Å². The van der Waals surface area contributed by atoms with Crippen LogP contribution < -0.4 is 4.74 Å². The van der Waals surface area contributed by atoms with Gasteiger partial charge >= 0.3 is 0 Å². The number of likely N-dealkylation sites (N-methyl/N-ethyl adjacent to an activating group) is 1. The number of Topliss-reactive ketones (excluding diaryl/α,β-unsaturated/α-hetero) is 1. The van der Waals surface area contributed by atoms with Crippen molar-refractivity contribution >= 4 is 29.1 Å². The van der Waals surface area contributed by atoms with E-state index in [1.54, 1.807) is 35.2 Å². The van der Waals surface area contributed by atoms with Crippen molar-refractivity contribution in [3.63, 3.8) is 0 Å². The van der Waals surface area contributed by atoms with Crippen LogP contribution in [0.4, 0.5) is 0 Å². The van der Waals surface area contributed by atoms with Crippen LogP contribution in [-0.2, 0) is 16.0 Å². The Morgan fingerprint density at radius 3 is 2.64 bits per heavy atom. The number of likely N-dealkylation sites (tertiary alicyclic amines) is 1. The maximum Gasteiger partial charge on any atom is 0.295 e. The summed E-state index contributed by atoms with van der Waals surface area (Å²) in [5.74, 6) is -0.676. The molecule has 7 heteroatoms. The third-order valence-corrected chi connectivity index (χ3v) is 6.66. The smallest absolute Gasteiger partial charge is 0.295 e. The van der Waals surface area contributed by atoms with Gasteiger partial charge in [-0.3, -0.25) is 9.59 Å². The van der Waals surface area contributed by atoms with Gasteiger partial charge in [0.2, 0.25) is 0 Å². The van der Waals surface area contributed by atoms with Crippen LogP contribution in [0.2, 0.25) is 5.02 Å². The molecule has 33 heavy (non-hydrogen) atoms. The molecule has 6 nitrogen and oxygen atoms in total. The van der Waals surface area contributed by atoms with Crippen molar-refractivity contribution < 1.29 is 19.4 Å². The van der Waals surface area contributed by atoms with Crippen molar-refractivity contribution in [1.82, 2.24) is 9.80 Å². The Labute approximate surface area is 199 Å². The molecule has 4 rings (SSSR count). The highest BCUT2D eigenvalue weighted by Crippen LogP contribution is 2.41. The van der Waals surface area contributed by atoms with E-state index in [0.29, 0.717) is 29.2 Å². The fraction of sp³-hybridized carbons (Fsp3) is 0.385. The van der Waals surface area contributed by atoms with Gasteiger partial charge in [-0.25, -0.2) is 0 Å². The molecule has 1 saturated heterocycles. The second kappa shape index (κ2) is 9.57. The second-order valence-electron chi connectivity index (χ2n) is 8.53. The Bertz CT molecular complexity index is 1110. The van der Waals surface area contributed by atoms with Gasteiger partial charge in [0.05, 0.1) is 11.6 Å². The molecular weight excluding hydrogens is 440 g/mol. The number of aliphatic hydroxyl groups excluding tert-OH is 1. The number of halogens is 1. The summed E-state index contributed by atoms with van der Waals surface area (Å²) in [5.41, 5.74) is 2.26. The number of nitrogens with zero attached hydrogens (tertiary/aromatic N) is 2. The molecule has 0 unspecified atom stereocenters. The quantitative estimate of drug-likeness (QED) is 0.370. The van der Waals surface area contributed by atoms with Crippen LogP contribution in [0, 0.1) is 0 Å². The Kier molecular flexibility index (Phi) is 6.77. The van der Waals surface area contributed by atoms with Gasteiger partial charge in [-0.2, -0.15) is 0 Å². The minimum absolute atomic E-state index is 0.0644.